The quantitative estimate of drug-likeness (QED) is 0.775. The summed E-state index contributed by atoms with van der Waals surface area (Å²) in [4.78, 5) is 25.4. The molecule has 1 amide bonds. The second-order valence-electron chi connectivity index (χ2n) is 4.69. The van der Waals surface area contributed by atoms with Crippen molar-refractivity contribution in [3.8, 4) is 0 Å². The number of benzene rings is 1. The van der Waals surface area contributed by atoms with Crippen LogP contribution >= 0.6 is 15.9 Å². The number of carbonyl (C=O) groups is 2. The smallest absolute Gasteiger partial charge is 0.308 e. The summed E-state index contributed by atoms with van der Waals surface area (Å²) in [6, 6.07) is 4.39. The van der Waals surface area contributed by atoms with Crippen LogP contribution in [0.15, 0.2) is 22.7 Å². The predicted octanol–water partition coefficient (Wildman–Crippen LogP) is 2.61. The van der Waals surface area contributed by atoms with E-state index < -0.39 is 5.82 Å². The largest absolute Gasteiger partial charge is 0.469 e. The Labute approximate surface area is 125 Å². The van der Waals surface area contributed by atoms with Crippen LogP contribution < -0.4 is 0 Å². The normalized spacial score (nSPS) is 16.1. The number of rotatable bonds is 2. The lowest BCUT2D eigenvalue weighted by Gasteiger charge is -2.31. The maximum absolute atomic E-state index is 13.4. The summed E-state index contributed by atoms with van der Waals surface area (Å²) in [6.07, 6.45) is 1.15. The average molecular weight is 344 g/mol. The number of amides is 1. The highest BCUT2D eigenvalue weighted by Gasteiger charge is 2.29. The summed E-state index contributed by atoms with van der Waals surface area (Å²) < 4.78 is 18.3. The molecule has 4 nitrogen and oxygen atoms in total. The van der Waals surface area contributed by atoms with Gasteiger partial charge in [0.15, 0.2) is 0 Å². The van der Waals surface area contributed by atoms with Gasteiger partial charge in [0.05, 0.1) is 23.1 Å². The molecule has 0 radical (unpaired) electrons. The van der Waals surface area contributed by atoms with E-state index in [1.165, 1.54) is 19.2 Å². The number of likely N-dealkylation sites (tertiary alicyclic amines) is 1. The molecule has 0 N–H and O–H groups in total. The molecule has 1 aromatic carbocycles. The van der Waals surface area contributed by atoms with Gasteiger partial charge in [-0.15, -0.1) is 0 Å². The highest BCUT2D eigenvalue weighted by molar-refractivity contribution is 9.10. The Bertz CT molecular complexity index is 527. The standard InChI is InChI=1S/C14H15BrFNO3/c1-20-14(19)9-5-7-17(8-6-9)13(18)10-3-2-4-11(16)12(10)15/h2-4,9H,5-8H2,1H3. The first-order chi connectivity index (χ1) is 9.54. The third-order valence-electron chi connectivity index (χ3n) is 3.50. The van der Waals surface area contributed by atoms with Gasteiger partial charge in [0.25, 0.3) is 5.91 Å². The van der Waals surface area contributed by atoms with Gasteiger partial charge in [-0.05, 0) is 40.9 Å². The summed E-state index contributed by atoms with van der Waals surface area (Å²) in [5.41, 5.74) is 0.307. The van der Waals surface area contributed by atoms with Crippen LogP contribution in [0.4, 0.5) is 4.39 Å². The van der Waals surface area contributed by atoms with Crippen LogP contribution in [0, 0.1) is 11.7 Å². The lowest BCUT2D eigenvalue weighted by molar-refractivity contribution is -0.146. The van der Waals surface area contributed by atoms with Crippen molar-refractivity contribution in [3.05, 3.63) is 34.1 Å². The van der Waals surface area contributed by atoms with Gasteiger partial charge >= 0.3 is 5.97 Å². The van der Waals surface area contributed by atoms with Gasteiger partial charge in [0.2, 0.25) is 0 Å². The van der Waals surface area contributed by atoms with E-state index in [2.05, 4.69) is 15.9 Å². The van der Waals surface area contributed by atoms with E-state index in [0.29, 0.717) is 31.5 Å². The van der Waals surface area contributed by atoms with Crippen molar-refractivity contribution in [1.82, 2.24) is 4.90 Å². The molecule has 108 valence electrons. The maximum Gasteiger partial charge on any atom is 0.308 e. The predicted molar refractivity (Wildman–Crippen MR) is 74.7 cm³/mol. The number of nitrogens with zero attached hydrogens (tertiary/aromatic N) is 1. The van der Waals surface area contributed by atoms with E-state index >= 15 is 0 Å². The molecule has 0 aromatic heterocycles. The van der Waals surface area contributed by atoms with Gasteiger partial charge in [0.1, 0.15) is 5.82 Å². The van der Waals surface area contributed by atoms with Crippen molar-refractivity contribution in [2.75, 3.05) is 20.2 Å². The second kappa shape index (κ2) is 6.35. The number of carbonyl (C=O) groups excluding carboxylic acids is 2. The molecule has 0 spiro atoms. The Morgan fingerprint density at radius 2 is 2.00 bits per heavy atom. The summed E-state index contributed by atoms with van der Waals surface area (Å²) >= 11 is 3.10. The molecular weight excluding hydrogens is 329 g/mol. The van der Waals surface area contributed by atoms with E-state index in [1.54, 1.807) is 11.0 Å². The first-order valence-electron chi connectivity index (χ1n) is 6.35. The molecule has 1 heterocycles. The van der Waals surface area contributed by atoms with Gasteiger partial charge in [-0.2, -0.15) is 0 Å². The molecule has 2 rings (SSSR count). The zero-order chi connectivity index (χ0) is 14.7. The van der Waals surface area contributed by atoms with E-state index in [-0.39, 0.29) is 22.3 Å². The molecular formula is C14H15BrFNO3. The topological polar surface area (TPSA) is 46.6 Å². The third kappa shape index (κ3) is 3.00. The molecule has 1 fully saturated rings. The minimum atomic E-state index is -0.458. The number of piperidine rings is 1. The van der Waals surface area contributed by atoms with Gasteiger partial charge in [-0.1, -0.05) is 6.07 Å². The number of hydrogen-bond acceptors (Lipinski definition) is 3. The minimum Gasteiger partial charge on any atom is -0.469 e. The molecule has 0 bridgehead atoms. The van der Waals surface area contributed by atoms with Gasteiger partial charge in [0, 0.05) is 13.1 Å². The van der Waals surface area contributed by atoms with Crippen molar-refractivity contribution >= 4 is 27.8 Å². The van der Waals surface area contributed by atoms with Crippen molar-refractivity contribution in [1.29, 1.82) is 0 Å². The maximum atomic E-state index is 13.4. The number of ether oxygens (including phenoxy) is 1. The van der Waals surface area contributed by atoms with Crippen molar-refractivity contribution in [2.45, 2.75) is 12.8 Å². The van der Waals surface area contributed by atoms with Crippen molar-refractivity contribution in [3.63, 3.8) is 0 Å². The third-order valence-corrected chi connectivity index (χ3v) is 4.30. The summed E-state index contributed by atoms with van der Waals surface area (Å²) in [6.45, 7) is 0.948. The number of halogens is 2. The Balaban J connectivity index is 2.05. The fourth-order valence-corrected chi connectivity index (χ4v) is 2.76. The average Bonchev–Trinajstić information content (AvgIpc) is 2.48. The minimum absolute atomic E-state index is 0.153. The van der Waals surface area contributed by atoms with E-state index in [4.69, 9.17) is 4.74 Å². The molecule has 0 atom stereocenters. The molecule has 6 heteroatoms. The van der Waals surface area contributed by atoms with E-state index in [9.17, 15) is 14.0 Å². The first kappa shape index (κ1) is 15.0. The summed E-state index contributed by atoms with van der Waals surface area (Å²) in [5.74, 6) is -1.07. The lowest BCUT2D eigenvalue weighted by Crippen LogP contribution is -2.40. The Morgan fingerprint density at radius 3 is 2.60 bits per heavy atom. The number of esters is 1. The molecule has 20 heavy (non-hydrogen) atoms. The van der Waals surface area contributed by atoms with Crippen molar-refractivity contribution in [2.24, 2.45) is 5.92 Å². The molecule has 1 aromatic rings. The van der Waals surface area contributed by atoms with Gasteiger partial charge in [-0.25, -0.2) is 4.39 Å². The molecule has 1 aliphatic heterocycles. The fraction of sp³-hybridized carbons (Fsp3) is 0.429. The molecule has 0 saturated carbocycles. The van der Waals surface area contributed by atoms with Gasteiger partial charge in [-0.3, -0.25) is 9.59 Å². The summed E-state index contributed by atoms with van der Waals surface area (Å²) in [5, 5.41) is 0. The van der Waals surface area contributed by atoms with Crippen LogP contribution in [0.25, 0.3) is 0 Å². The number of methoxy groups -OCH3 is 1. The number of hydrogen-bond donors (Lipinski definition) is 0. The highest BCUT2D eigenvalue weighted by atomic mass is 79.9. The molecule has 1 aliphatic rings. The van der Waals surface area contributed by atoms with Crippen LogP contribution in [0.1, 0.15) is 23.2 Å². The zero-order valence-electron chi connectivity index (χ0n) is 11.1. The molecule has 1 saturated heterocycles. The Hall–Kier alpha value is -1.43. The monoisotopic (exact) mass is 343 g/mol. The highest BCUT2D eigenvalue weighted by Crippen LogP contribution is 2.25. The fourth-order valence-electron chi connectivity index (χ4n) is 2.32. The zero-order valence-corrected chi connectivity index (χ0v) is 12.7. The van der Waals surface area contributed by atoms with Crippen LogP contribution in [-0.2, 0) is 9.53 Å². The first-order valence-corrected chi connectivity index (χ1v) is 7.15. The lowest BCUT2D eigenvalue weighted by atomic mass is 9.96. The second-order valence-corrected chi connectivity index (χ2v) is 5.48. The van der Waals surface area contributed by atoms with E-state index in [0.717, 1.165) is 0 Å². The van der Waals surface area contributed by atoms with Crippen LogP contribution in [-0.4, -0.2) is 37.0 Å². The van der Waals surface area contributed by atoms with Crippen LogP contribution in [0.3, 0.4) is 0 Å². The SMILES string of the molecule is COC(=O)C1CCN(C(=O)c2cccc(F)c2Br)CC1. The van der Waals surface area contributed by atoms with Crippen molar-refractivity contribution < 1.29 is 18.7 Å². The molecule has 0 unspecified atom stereocenters. The molecule has 0 aliphatic carbocycles. The van der Waals surface area contributed by atoms with Crippen LogP contribution in [0.2, 0.25) is 0 Å². The van der Waals surface area contributed by atoms with Gasteiger partial charge < -0.3 is 9.64 Å². The Kier molecular flexibility index (Phi) is 4.75. The summed E-state index contributed by atoms with van der Waals surface area (Å²) in [7, 11) is 1.36. The van der Waals surface area contributed by atoms with E-state index in [1.807, 2.05) is 0 Å². The van der Waals surface area contributed by atoms with Crippen LogP contribution in [0.5, 0.6) is 0 Å². The Morgan fingerprint density at radius 1 is 1.35 bits per heavy atom.